The van der Waals surface area contributed by atoms with E-state index >= 15 is 0 Å². The minimum atomic E-state index is -1.17. The largest absolute Gasteiger partial charge is 0.491 e. The van der Waals surface area contributed by atoms with E-state index in [9.17, 15) is 4.79 Å². The highest BCUT2D eigenvalue weighted by Gasteiger charge is 2.26. The van der Waals surface area contributed by atoms with Crippen LogP contribution >= 0.6 is 0 Å². The molecular weight excluding hydrogens is 220 g/mol. The zero-order valence-electron chi connectivity index (χ0n) is 10.1. The maximum atomic E-state index is 11.0. The Bertz CT molecular complexity index is 391. The van der Waals surface area contributed by atoms with E-state index in [4.69, 9.17) is 20.9 Å². The Balaban J connectivity index is 2.63. The van der Waals surface area contributed by atoms with Gasteiger partial charge in [0.15, 0.2) is 0 Å². The Morgan fingerprint density at radius 1 is 1.47 bits per heavy atom. The number of benzene rings is 1. The lowest BCUT2D eigenvalue weighted by Crippen LogP contribution is -2.53. The molecule has 0 aromatic heterocycles. The van der Waals surface area contributed by atoms with Crippen molar-refractivity contribution in [3.05, 3.63) is 29.8 Å². The number of amides is 1. The van der Waals surface area contributed by atoms with Gasteiger partial charge in [-0.2, -0.15) is 0 Å². The molecule has 0 aliphatic carbocycles. The van der Waals surface area contributed by atoms with Crippen molar-refractivity contribution < 1.29 is 14.3 Å². The minimum absolute atomic E-state index is 0.0404. The molecule has 5 nitrogen and oxygen atoms in total. The fraction of sp³-hybridized carbons (Fsp3) is 0.417. The molecule has 0 radical (unpaired) electrons. The Hall–Kier alpha value is -1.59. The lowest BCUT2D eigenvalue weighted by molar-refractivity contribution is -0.123. The second-order valence-corrected chi connectivity index (χ2v) is 4.15. The Labute approximate surface area is 101 Å². The first kappa shape index (κ1) is 13.5. The number of carbonyl (C=O) groups excluding carboxylic acids is 1. The van der Waals surface area contributed by atoms with Crippen LogP contribution in [-0.4, -0.2) is 25.2 Å². The third-order valence-corrected chi connectivity index (χ3v) is 2.31. The van der Waals surface area contributed by atoms with Crippen LogP contribution in [0.5, 0.6) is 5.75 Å². The summed E-state index contributed by atoms with van der Waals surface area (Å²) in [5.74, 6) is 0.0445. The van der Waals surface area contributed by atoms with Crippen LogP contribution in [0.15, 0.2) is 24.3 Å². The van der Waals surface area contributed by atoms with Crippen molar-refractivity contribution in [2.75, 3.05) is 13.7 Å². The van der Waals surface area contributed by atoms with Gasteiger partial charge >= 0.3 is 0 Å². The zero-order valence-corrected chi connectivity index (χ0v) is 10.1. The maximum absolute atomic E-state index is 11.0. The predicted octanol–water partition coefficient (Wildman–Crippen LogP) is 0.415. The van der Waals surface area contributed by atoms with E-state index < -0.39 is 11.4 Å². The summed E-state index contributed by atoms with van der Waals surface area (Å²) in [5.41, 5.74) is 10.6. The van der Waals surface area contributed by atoms with Gasteiger partial charge in [0.2, 0.25) is 5.91 Å². The first-order valence-electron chi connectivity index (χ1n) is 5.25. The topological polar surface area (TPSA) is 87.6 Å². The van der Waals surface area contributed by atoms with E-state index in [0.717, 1.165) is 5.56 Å². The smallest absolute Gasteiger partial charge is 0.240 e. The molecule has 1 rings (SSSR count). The van der Waals surface area contributed by atoms with Crippen molar-refractivity contribution in [2.45, 2.75) is 19.1 Å². The number of hydrogen-bond donors (Lipinski definition) is 2. The number of carbonyl (C=O) groups is 1. The molecule has 0 saturated carbocycles. The summed E-state index contributed by atoms with van der Waals surface area (Å²) in [7, 11) is 1.62. The SMILES string of the molecule is COCc1cccc(OCC(C)(N)C(N)=O)c1. The van der Waals surface area contributed by atoms with Crippen molar-refractivity contribution in [3.63, 3.8) is 0 Å². The molecule has 94 valence electrons. The van der Waals surface area contributed by atoms with Gasteiger partial charge in [-0.05, 0) is 24.6 Å². The summed E-state index contributed by atoms with van der Waals surface area (Å²) in [6.45, 7) is 2.08. The summed E-state index contributed by atoms with van der Waals surface area (Å²) < 4.78 is 10.4. The number of rotatable bonds is 6. The summed E-state index contributed by atoms with van der Waals surface area (Å²) in [4.78, 5) is 11.0. The van der Waals surface area contributed by atoms with Crippen molar-refractivity contribution in [2.24, 2.45) is 11.5 Å². The van der Waals surface area contributed by atoms with Crippen LogP contribution in [0, 0.1) is 0 Å². The van der Waals surface area contributed by atoms with Crippen molar-refractivity contribution in [3.8, 4) is 5.75 Å². The Kier molecular flexibility index (Phi) is 4.48. The number of nitrogens with two attached hydrogens (primary N) is 2. The van der Waals surface area contributed by atoms with Gasteiger partial charge in [-0.25, -0.2) is 0 Å². The predicted molar refractivity (Wildman–Crippen MR) is 64.4 cm³/mol. The third kappa shape index (κ3) is 4.05. The Morgan fingerprint density at radius 3 is 2.76 bits per heavy atom. The van der Waals surface area contributed by atoms with Gasteiger partial charge in [-0.15, -0.1) is 0 Å². The molecular formula is C12H18N2O3. The third-order valence-electron chi connectivity index (χ3n) is 2.31. The molecule has 1 amide bonds. The fourth-order valence-corrected chi connectivity index (χ4v) is 1.20. The molecule has 0 aliphatic heterocycles. The number of primary amides is 1. The van der Waals surface area contributed by atoms with Crippen molar-refractivity contribution >= 4 is 5.91 Å². The normalized spacial score (nSPS) is 14.1. The second kappa shape index (κ2) is 5.65. The minimum Gasteiger partial charge on any atom is -0.491 e. The van der Waals surface area contributed by atoms with Gasteiger partial charge in [-0.3, -0.25) is 4.79 Å². The van der Waals surface area contributed by atoms with E-state index in [1.807, 2.05) is 18.2 Å². The first-order chi connectivity index (χ1) is 7.95. The number of ether oxygens (including phenoxy) is 2. The van der Waals surface area contributed by atoms with Crippen molar-refractivity contribution in [1.29, 1.82) is 0 Å². The number of hydrogen-bond acceptors (Lipinski definition) is 4. The van der Waals surface area contributed by atoms with Gasteiger partial charge in [0.05, 0.1) is 6.61 Å². The van der Waals surface area contributed by atoms with E-state index in [1.54, 1.807) is 13.2 Å². The highest BCUT2D eigenvalue weighted by atomic mass is 16.5. The highest BCUT2D eigenvalue weighted by Crippen LogP contribution is 2.15. The highest BCUT2D eigenvalue weighted by molar-refractivity contribution is 5.84. The maximum Gasteiger partial charge on any atom is 0.240 e. The molecule has 4 N–H and O–H groups in total. The lowest BCUT2D eigenvalue weighted by atomic mass is 10.1. The van der Waals surface area contributed by atoms with Crippen LogP contribution in [0.25, 0.3) is 0 Å². The summed E-state index contributed by atoms with van der Waals surface area (Å²) in [6, 6.07) is 7.39. The molecule has 1 aromatic carbocycles. The van der Waals surface area contributed by atoms with Crippen LogP contribution in [-0.2, 0) is 16.1 Å². The monoisotopic (exact) mass is 238 g/mol. The first-order valence-corrected chi connectivity index (χ1v) is 5.25. The standard InChI is InChI=1S/C12H18N2O3/c1-12(14,11(13)15)8-17-10-5-3-4-9(6-10)7-16-2/h3-6H,7-8,14H2,1-2H3,(H2,13,15). The zero-order chi connectivity index (χ0) is 12.9. The molecule has 0 bridgehead atoms. The van der Waals surface area contributed by atoms with Gasteiger partial charge in [0, 0.05) is 7.11 Å². The molecule has 0 fully saturated rings. The van der Waals surface area contributed by atoms with E-state index in [1.165, 1.54) is 6.92 Å². The molecule has 0 saturated heterocycles. The molecule has 1 unspecified atom stereocenters. The van der Waals surface area contributed by atoms with Crippen LogP contribution in [0.1, 0.15) is 12.5 Å². The van der Waals surface area contributed by atoms with Crippen molar-refractivity contribution in [1.82, 2.24) is 0 Å². The average Bonchev–Trinajstić information content (AvgIpc) is 2.27. The molecule has 5 heteroatoms. The summed E-state index contributed by atoms with van der Waals surface area (Å²) >= 11 is 0. The summed E-state index contributed by atoms with van der Waals surface area (Å²) in [6.07, 6.45) is 0. The van der Waals surface area contributed by atoms with Gasteiger partial charge in [0.1, 0.15) is 17.9 Å². The van der Waals surface area contributed by atoms with Gasteiger partial charge in [0.25, 0.3) is 0 Å². The summed E-state index contributed by atoms with van der Waals surface area (Å²) in [5, 5.41) is 0. The Morgan fingerprint density at radius 2 is 2.18 bits per heavy atom. The molecule has 17 heavy (non-hydrogen) atoms. The van der Waals surface area contributed by atoms with E-state index in [0.29, 0.717) is 12.4 Å². The second-order valence-electron chi connectivity index (χ2n) is 4.15. The van der Waals surface area contributed by atoms with Crippen LogP contribution < -0.4 is 16.2 Å². The van der Waals surface area contributed by atoms with Crippen LogP contribution in [0.4, 0.5) is 0 Å². The quantitative estimate of drug-likeness (QED) is 0.751. The molecule has 0 heterocycles. The average molecular weight is 238 g/mol. The van der Waals surface area contributed by atoms with Gasteiger partial charge in [-0.1, -0.05) is 12.1 Å². The van der Waals surface area contributed by atoms with Crippen LogP contribution in [0.2, 0.25) is 0 Å². The molecule has 0 aliphatic rings. The number of methoxy groups -OCH3 is 1. The molecule has 1 aromatic rings. The fourth-order valence-electron chi connectivity index (χ4n) is 1.20. The molecule has 1 atom stereocenters. The van der Waals surface area contributed by atoms with Gasteiger partial charge < -0.3 is 20.9 Å². The van der Waals surface area contributed by atoms with E-state index in [-0.39, 0.29) is 6.61 Å². The molecule has 0 spiro atoms. The van der Waals surface area contributed by atoms with E-state index in [2.05, 4.69) is 0 Å². The van der Waals surface area contributed by atoms with Crippen LogP contribution in [0.3, 0.4) is 0 Å². The lowest BCUT2D eigenvalue weighted by Gasteiger charge is -2.20.